The van der Waals surface area contributed by atoms with Crippen molar-refractivity contribution in [2.45, 2.75) is 0 Å². The molecule has 4 heteroatoms. The molecule has 3 rings (SSSR count). The molecule has 0 aliphatic heterocycles. The maximum absolute atomic E-state index is 12.4. The van der Waals surface area contributed by atoms with Crippen LogP contribution in [0.3, 0.4) is 0 Å². The van der Waals surface area contributed by atoms with E-state index in [0.717, 1.165) is 16.6 Å². The van der Waals surface area contributed by atoms with Crippen LogP contribution in [0.15, 0.2) is 55.0 Å². The summed E-state index contributed by atoms with van der Waals surface area (Å²) in [4.78, 5) is 21.1. The Morgan fingerprint density at radius 3 is 2.95 bits per heavy atom. The highest BCUT2D eigenvalue weighted by atomic mass is 16.2. The Bertz CT molecular complexity index is 718. The molecule has 1 amide bonds. The second-order valence-corrected chi connectivity index (χ2v) is 4.36. The van der Waals surface area contributed by atoms with E-state index in [-0.39, 0.29) is 5.91 Å². The summed E-state index contributed by atoms with van der Waals surface area (Å²) in [5.74, 6) is -0.0453. The molecule has 3 aromatic rings. The fourth-order valence-electron chi connectivity index (χ4n) is 2.05. The Morgan fingerprint density at radius 1 is 1.26 bits per heavy atom. The predicted octanol–water partition coefficient (Wildman–Crippen LogP) is 2.84. The zero-order chi connectivity index (χ0) is 13.2. The summed E-state index contributed by atoms with van der Waals surface area (Å²) >= 11 is 0. The van der Waals surface area contributed by atoms with Crippen LogP contribution in [0.5, 0.6) is 0 Å². The van der Waals surface area contributed by atoms with Crippen LogP contribution >= 0.6 is 0 Å². The summed E-state index contributed by atoms with van der Waals surface area (Å²) in [5, 5.41) is 1.03. The van der Waals surface area contributed by atoms with Crippen molar-refractivity contribution in [1.82, 2.24) is 9.97 Å². The highest BCUT2D eigenvalue weighted by Crippen LogP contribution is 2.18. The minimum atomic E-state index is -0.0453. The first kappa shape index (κ1) is 11.5. The predicted molar refractivity (Wildman–Crippen MR) is 75.3 cm³/mol. The van der Waals surface area contributed by atoms with Crippen molar-refractivity contribution in [3.63, 3.8) is 0 Å². The number of fused-ring (bicyclic) bond motifs is 1. The second-order valence-electron chi connectivity index (χ2n) is 4.36. The molecule has 19 heavy (non-hydrogen) atoms. The topological polar surface area (TPSA) is 49.0 Å². The van der Waals surface area contributed by atoms with E-state index in [1.807, 2.05) is 42.6 Å². The number of carbonyl (C=O) groups is 1. The summed E-state index contributed by atoms with van der Waals surface area (Å²) in [6.45, 7) is 0. The summed E-state index contributed by atoms with van der Waals surface area (Å²) in [7, 11) is 1.75. The van der Waals surface area contributed by atoms with Gasteiger partial charge in [0.2, 0.25) is 0 Å². The molecule has 2 aromatic heterocycles. The maximum atomic E-state index is 12.4. The first-order valence-electron chi connectivity index (χ1n) is 6.01. The number of aromatic amines is 1. The molecule has 0 unspecified atom stereocenters. The molecule has 0 fully saturated rings. The van der Waals surface area contributed by atoms with Gasteiger partial charge in [0.1, 0.15) is 0 Å². The quantitative estimate of drug-likeness (QED) is 0.761. The average Bonchev–Trinajstić information content (AvgIpc) is 2.94. The summed E-state index contributed by atoms with van der Waals surface area (Å²) < 4.78 is 0. The van der Waals surface area contributed by atoms with Gasteiger partial charge < -0.3 is 9.88 Å². The van der Waals surface area contributed by atoms with E-state index < -0.39 is 0 Å². The number of aromatic nitrogens is 2. The Labute approximate surface area is 110 Å². The molecule has 2 heterocycles. The summed E-state index contributed by atoms with van der Waals surface area (Å²) in [6.07, 6.45) is 5.23. The third-order valence-corrected chi connectivity index (χ3v) is 3.14. The highest BCUT2D eigenvalue weighted by Gasteiger charge is 2.13. The first-order valence-corrected chi connectivity index (χ1v) is 6.01. The molecule has 0 aliphatic rings. The SMILES string of the molecule is CN(C(=O)c1ccc2[nH]ccc2c1)c1cccnc1. The first-order chi connectivity index (χ1) is 9.25. The van der Waals surface area contributed by atoms with Gasteiger partial charge in [0.15, 0.2) is 0 Å². The Balaban J connectivity index is 1.95. The van der Waals surface area contributed by atoms with Crippen LogP contribution in [0.4, 0.5) is 5.69 Å². The molecule has 0 spiro atoms. The third-order valence-electron chi connectivity index (χ3n) is 3.14. The standard InChI is InChI=1S/C15H13N3O/c1-18(13-3-2-7-16-10-13)15(19)12-4-5-14-11(9-12)6-8-17-14/h2-10,17H,1H3. The lowest BCUT2D eigenvalue weighted by Crippen LogP contribution is -2.26. The van der Waals surface area contributed by atoms with Crippen LogP contribution in [0.2, 0.25) is 0 Å². The molecular formula is C15H13N3O. The zero-order valence-corrected chi connectivity index (χ0v) is 10.5. The van der Waals surface area contributed by atoms with Crippen LogP contribution in [-0.2, 0) is 0 Å². The lowest BCUT2D eigenvalue weighted by molar-refractivity contribution is 0.0993. The van der Waals surface area contributed by atoms with Gasteiger partial charge in [-0.05, 0) is 36.4 Å². The molecule has 0 bridgehead atoms. The third kappa shape index (κ3) is 2.08. The van der Waals surface area contributed by atoms with Gasteiger partial charge >= 0.3 is 0 Å². The largest absolute Gasteiger partial charge is 0.361 e. The number of benzene rings is 1. The number of pyridine rings is 1. The number of carbonyl (C=O) groups excluding carboxylic acids is 1. The van der Waals surface area contributed by atoms with E-state index in [4.69, 9.17) is 0 Å². The van der Waals surface area contributed by atoms with Crippen molar-refractivity contribution in [2.24, 2.45) is 0 Å². The van der Waals surface area contributed by atoms with Crippen molar-refractivity contribution in [1.29, 1.82) is 0 Å². The van der Waals surface area contributed by atoms with Gasteiger partial charge in [-0.15, -0.1) is 0 Å². The molecule has 0 aliphatic carbocycles. The van der Waals surface area contributed by atoms with Gasteiger partial charge in [0.25, 0.3) is 5.91 Å². The molecule has 0 saturated carbocycles. The monoisotopic (exact) mass is 251 g/mol. The van der Waals surface area contributed by atoms with Gasteiger partial charge in [0, 0.05) is 35.9 Å². The van der Waals surface area contributed by atoms with Crippen LogP contribution in [-0.4, -0.2) is 22.9 Å². The number of nitrogens with zero attached hydrogens (tertiary/aromatic N) is 2. The maximum Gasteiger partial charge on any atom is 0.258 e. The van der Waals surface area contributed by atoms with E-state index in [2.05, 4.69) is 9.97 Å². The highest BCUT2D eigenvalue weighted by molar-refractivity contribution is 6.07. The smallest absolute Gasteiger partial charge is 0.258 e. The van der Waals surface area contributed by atoms with E-state index in [1.165, 1.54) is 0 Å². The van der Waals surface area contributed by atoms with E-state index in [0.29, 0.717) is 5.56 Å². The van der Waals surface area contributed by atoms with Crippen molar-refractivity contribution < 1.29 is 4.79 Å². The van der Waals surface area contributed by atoms with Gasteiger partial charge in [-0.25, -0.2) is 0 Å². The van der Waals surface area contributed by atoms with Gasteiger partial charge in [0.05, 0.1) is 11.9 Å². The van der Waals surface area contributed by atoms with E-state index in [9.17, 15) is 4.79 Å². The molecule has 1 N–H and O–H groups in total. The lowest BCUT2D eigenvalue weighted by atomic mass is 10.1. The zero-order valence-electron chi connectivity index (χ0n) is 10.5. The molecule has 0 atom stereocenters. The van der Waals surface area contributed by atoms with Crippen LogP contribution in [0.25, 0.3) is 10.9 Å². The molecule has 4 nitrogen and oxygen atoms in total. The molecule has 0 saturated heterocycles. The molecular weight excluding hydrogens is 238 g/mol. The van der Waals surface area contributed by atoms with Crippen molar-refractivity contribution in [2.75, 3.05) is 11.9 Å². The van der Waals surface area contributed by atoms with Crippen molar-refractivity contribution in [3.8, 4) is 0 Å². The van der Waals surface area contributed by atoms with Gasteiger partial charge in [-0.2, -0.15) is 0 Å². The fraction of sp³-hybridized carbons (Fsp3) is 0.0667. The van der Waals surface area contributed by atoms with Crippen molar-refractivity contribution in [3.05, 3.63) is 60.6 Å². The number of amides is 1. The number of hydrogen-bond acceptors (Lipinski definition) is 2. The minimum Gasteiger partial charge on any atom is -0.361 e. The number of hydrogen-bond donors (Lipinski definition) is 1. The molecule has 1 aromatic carbocycles. The Kier molecular flexibility index (Phi) is 2.76. The number of rotatable bonds is 2. The minimum absolute atomic E-state index is 0.0453. The van der Waals surface area contributed by atoms with Gasteiger partial charge in [-0.3, -0.25) is 9.78 Å². The average molecular weight is 251 g/mol. The number of nitrogens with one attached hydrogen (secondary N) is 1. The lowest BCUT2D eigenvalue weighted by Gasteiger charge is -2.16. The van der Waals surface area contributed by atoms with E-state index >= 15 is 0 Å². The normalized spacial score (nSPS) is 10.6. The number of anilines is 1. The number of H-pyrrole nitrogens is 1. The summed E-state index contributed by atoms with van der Waals surface area (Å²) in [6, 6.07) is 11.3. The van der Waals surface area contributed by atoms with E-state index in [1.54, 1.807) is 24.3 Å². The molecule has 94 valence electrons. The fourth-order valence-corrected chi connectivity index (χ4v) is 2.05. The van der Waals surface area contributed by atoms with Crippen molar-refractivity contribution >= 4 is 22.5 Å². The summed E-state index contributed by atoms with van der Waals surface area (Å²) in [5.41, 5.74) is 2.47. The van der Waals surface area contributed by atoms with Gasteiger partial charge in [-0.1, -0.05) is 0 Å². The van der Waals surface area contributed by atoms with Crippen LogP contribution in [0, 0.1) is 0 Å². The Hall–Kier alpha value is -2.62. The molecule has 0 radical (unpaired) electrons. The second kappa shape index (κ2) is 4.57. The van der Waals surface area contributed by atoms with Crippen LogP contribution in [0.1, 0.15) is 10.4 Å². The Morgan fingerprint density at radius 2 is 2.16 bits per heavy atom. The van der Waals surface area contributed by atoms with Crippen LogP contribution < -0.4 is 4.90 Å².